The molecule has 0 aliphatic heterocycles. The molecule has 6 nitrogen and oxygen atoms in total. The van der Waals surface area contributed by atoms with Gasteiger partial charge >= 0.3 is 12.1 Å². The van der Waals surface area contributed by atoms with Crippen molar-refractivity contribution in [1.82, 2.24) is 4.90 Å². The van der Waals surface area contributed by atoms with Crippen LogP contribution in [0.3, 0.4) is 0 Å². The molecule has 1 aromatic carbocycles. The fourth-order valence-corrected chi connectivity index (χ4v) is 2.02. The molecule has 0 saturated carbocycles. The Morgan fingerprint density at radius 3 is 2.18 bits per heavy atom. The van der Waals surface area contributed by atoms with Crippen molar-refractivity contribution < 1.29 is 23.9 Å². The highest BCUT2D eigenvalue weighted by atomic mass is 16.6. The molecular weight excluding hydrogens is 286 g/mol. The van der Waals surface area contributed by atoms with Crippen LogP contribution >= 0.6 is 0 Å². The highest BCUT2D eigenvalue weighted by Gasteiger charge is 2.37. The van der Waals surface area contributed by atoms with Gasteiger partial charge in [-0.15, -0.1) is 0 Å². The molecule has 0 N–H and O–H groups in total. The smallest absolute Gasteiger partial charge is 0.417 e. The van der Waals surface area contributed by atoms with Crippen LogP contribution in [0.5, 0.6) is 0 Å². The summed E-state index contributed by atoms with van der Waals surface area (Å²) >= 11 is 0. The van der Waals surface area contributed by atoms with Gasteiger partial charge in [-0.05, 0) is 11.5 Å². The quantitative estimate of drug-likeness (QED) is 0.781. The van der Waals surface area contributed by atoms with Crippen molar-refractivity contribution in [3.8, 4) is 0 Å². The molecule has 0 heterocycles. The molecular formula is C16H21NO5. The Morgan fingerprint density at radius 2 is 1.73 bits per heavy atom. The van der Waals surface area contributed by atoms with E-state index in [2.05, 4.69) is 4.74 Å². The van der Waals surface area contributed by atoms with Crippen LogP contribution in [0.4, 0.5) is 4.79 Å². The average molecular weight is 307 g/mol. The monoisotopic (exact) mass is 307 g/mol. The summed E-state index contributed by atoms with van der Waals surface area (Å²) < 4.78 is 9.81. The Labute approximate surface area is 130 Å². The third-order valence-corrected chi connectivity index (χ3v) is 3.09. The van der Waals surface area contributed by atoms with Crippen molar-refractivity contribution in [2.75, 3.05) is 7.11 Å². The molecule has 1 atom stereocenters. The van der Waals surface area contributed by atoms with E-state index in [1.54, 1.807) is 26.0 Å². The highest BCUT2D eigenvalue weighted by molar-refractivity contribution is 5.95. The third-order valence-electron chi connectivity index (χ3n) is 3.09. The van der Waals surface area contributed by atoms with Gasteiger partial charge in [0.2, 0.25) is 5.91 Å². The van der Waals surface area contributed by atoms with Crippen molar-refractivity contribution in [2.45, 2.75) is 33.4 Å². The summed E-state index contributed by atoms with van der Waals surface area (Å²) in [4.78, 5) is 36.6. The Balaban J connectivity index is 2.87. The molecule has 120 valence electrons. The molecule has 0 aromatic heterocycles. The minimum atomic E-state index is -1.01. The molecule has 0 spiro atoms. The number of methoxy groups -OCH3 is 1. The van der Waals surface area contributed by atoms with Crippen LogP contribution in [0.15, 0.2) is 30.3 Å². The highest BCUT2D eigenvalue weighted by Crippen LogP contribution is 2.15. The Kier molecular flexibility index (Phi) is 6.56. The lowest BCUT2D eigenvalue weighted by atomic mass is 10.0. The van der Waals surface area contributed by atoms with E-state index in [9.17, 15) is 14.4 Å². The van der Waals surface area contributed by atoms with E-state index in [-0.39, 0.29) is 12.5 Å². The fourth-order valence-electron chi connectivity index (χ4n) is 2.02. The van der Waals surface area contributed by atoms with Crippen molar-refractivity contribution in [1.29, 1.82) is 0 Å². The molecule has 0 saturated heterocycles. The minimum absolute atomic E-state index is 0.0233. The number of ether oxygens (including phenoxy) is 2. The molecule has 22 heavy (non-hydrogen) atoms. The second-order valence-electron chi connectivity index (χ2n) is 5.14. The molecule has 0 radical (unpaired) electrons. The lowest BCUT2D eigenvalue weighted by Crippen LogP contribution is -2.51. The van der Waals surface area contributed by atoms with Crippen LogP contribution < -0.4 is 0 Å². The number of benzene rings is 1. The summed E-state index contributed by atoms with van der Waals surface area (Å²) in [6.45, 7) is 4.68. The summed E-state index contributed by atoms with van der Waals surface area (Å²) in [6, 6.07) is 8.07. The first-order chi connectivity index (χ1) is 10.4. The SMILES string of the molecule is COC(=O)C(C(C)C)N(C(C)=O)C(=O)OCc1ccccc1. The summed E-state index contributed by atoms with van der Waals surface area (Å²) in [6.07, 6.45) is -0.861. The van der Waals surface area contributed by atoms with Crippen LogP contribution in [-0.4, -0.2) is 36.0 Å². The summed E-state index contributed by atoms with van der Waals surface area (Å²) in [5.74, 6) is -1.51. The Morgan fingerprint density at radius 1 is 1.14 bits per heavy atom. The zero-order valence-corrected chi connectivity index (χ0v) is 13.2. The maximum absolute atomic E-state index is 12.2. The van der Waals surface area contributed by atoms with Gasteiger partial charge in [-0.1, -0.05) is 44.2 Å². The lowest BCUT2D eigenvalue weighted by Gasteiger charge is -2.29. The summed E-state index contributed by atoms with van der Waals surface area (Å²) in [7, 11) is 1.21. The average Bonchev–Trinajstić information content (AvgIpc) is 2.49. The van der Waals surface area contributed by atoms with Gasteiger partial charge in [0.25, 0.3) is 0 Å². The summed E-state index contributed by atoms with van der Waals surface area (Å²) in [5, 5.41) is 0. The number of hydrogen-bond donors (Lipinski definition) is 0. The van der Waals surface area contributed by atoms with E-state index >= 15 is 0 Å². The van der Waals surface area contributed by atoms with E-state index < -0.39 is 24.0 Å². The molecule has 2 amide bonds. The number of carbonyl (C=O) groups is 3. The zero-order chi connectivity index (χ0) is 16.7. The predicted molar refractivity (Wildman–Crippen MR) is 79.8 cm³/mol. The third kappa shape index (κ3) is 4.58. The van der Waals surface area contributed by atoms with Gasteiger partial charge in [-0.2, -0.15) is 0 Å². The predicted octanol–water partition coefficient (Wildman–Crippen LogP) is 2.37. The van der Waals surface area contributed by atoms with E-state index in [1.165, 1.54) is 14.0 Å². The summed E-state index contributed by atoms with van der Waals surface area (Å²) in [5.41, 5.74) is 0.790. The fraction of sp³-hybridized carbons (Fsp3) is 0.438. The number of nitrogens with zero attached hydrogens (tertiary/aromatic N) is 1. The van der Waals surface area contributed by atoms with Crippen molar-refractivity contribution in [3.05, 3.63) is 35.9 Å². The topological polar surface area (TPSA) is 72.9 Å². The molecule has 1 unspecified atom stereocenters. The van der Waals surface area contributed by atoms with Gasteiger partial charge in [-0.3, -0.25) is 4.79 Å². The lowest BCUT2D eigenvalue weighted by molar-refractivity contribution is -0.152. The molecule has 0 fully saturated rings. The van der Waals surface area contributed by atoms with Crippen molar-refractivity contribution in [2.24, 2.45) is 5.92 Å². The van der Waals surface area contributed by atoms with Crippen LogP contribution in [0.2, 0.25) is 0 Å². The van der Waals surface area contributed by atoms with Crippen LogP contribution in [0, 0.1) is 5.92 Å². The Bertz CT molecular complexity index is 527. The van der Waals surface area contributed by atoms with Crippen LogP contribution in [0.1, 0.15) is 26.3 Å². The molecule has 0 bridgehead atoms. The molecule has 1 rings (SSSR count). The normalized spacial score (nSPS) is 11.7. The van der Waals surface area contributed by atoms with Crippen molar-refractivity contribution >= 4 is 18.0 Å². The second-order valence-corrected chi connectivity index (χ2v) is 5.14. The van der Waals surface area contributed by atoms with Gasteiger partial charge in [0.05, 0.1) is 7.11 Å². The largest absolute Gasteiger partial charge is 0.467 e. The number of carbonyl (C=O) groups excluding carboxylic acids is 3. The standard InChI is InChI=1S/C16H21NO5/c1-11(2)14(15(19)21-4)17(12(3)18)16(20)22-10-13-8-6-5-7-9-13/h5-9,11,14H,10H2,1-4H3. The van der Waals surface area contributed by atoms with Gasteiger partial charge in [0, 0.05) is 6.92 Å². The Hall–Kier alpha value is -2.37. The van der Waals surface area contributed by atoms with Gasteiger partial charge in [0.1, 0.15) is 12.6 Å². The minimum Gasteiger partial charge on any atom is -0.467 e. The number of amides is 2. The van der Waals surface area contributed by atoms with Gasteiger partial charge in [-0.25, -0.2) is 14.5 Å². The first-order valence-corrected chi connectivity index (χ1v) is 6.96. The number of rotatable bonds is 5. The van der Waals surface area contributed by atoms with Gasteiger partial charge in [0.15, 0.2) is 0 Å². The first kappa shape index (κ1) is 17.7. The first-order valence-electron chi connectivity index (χ1n) is 6.96. The molecule has 0 aliphatic carbocycles. The van der Waals surface area contributed by atoms with E-state index in [0.29, 0.717) is 0 Å². The van der Waals surface area contributed by atoms with Gasteiger partial charge < -0.3 is 9.47 Å². The maximum atomic E-state index is 12.2. The molecule has 6 heteroatoms. The van der Waals surface area contributed by atoms with Crippen LogP contribution in [0.25, 0.3) is 0 Å². The number of hydrogen-bond acceptors (Lipinski definition) is 5. The second kappa shape index (κ2) is 8.17. The van der Waals surface area contributed by atoms with Crippen LogP contribution in [-0.2, 0) is 25.7 Å². The van der Waals surface area contributed by atoms with Crippen molar-refractivity contribution in [3.63, 3.8) is 0 Å². The maximum Gasteiger partial charge on any atom is 0.417 e. The molecule has 0 aliphatic rings. The number of imide groups is 1. The number of esters is 1. The zero-order valence-electron chi connectivity index (χ0n) is 13.2. The van der Waals surface area contributed by atoms with E-state index in [0.717, 1.165) is 10.5 Å². The van der Waals surface area contributed by atoms with E-state index in [4.69, 9.17) is 4.74 Å². The van der Waals surface area contributed by atoms with E-state index in [1.807, 2.05) is 18.2 Å². The molecule has 1 aromatic rings.